The van der Waals surface area contributed by atoms with Gasteiger partial charge in [0.2, 0.25) is 0 Å². The summed E-state index contributed by atoms with van der Waals surface area (Å²) in [5.74, 6) is -0.745. The highest BCUT2D eigenvalue weighted by Gasteiger charge is 2.18. The van der Waals surface area contributed by atoms with Crippen molar-refractivity contribution < 1.29 is 9.18 Å². The van der Waals surface area contributed by atoms with Gasteiger partial charge in [-0.15, -0.1) is 0 Å². The summed E-state index contributed by atoms with van der Waals surface area (Å²) in [6, 6.07) is 5.21. The largest absolute Gasteiger partial charge is 0.350 e. The molecule has 0 bridgehead atoms. The van der Waals surface area contributed by atoms with Gasteiger partial charge in [-0.05, 0) is 51.4 Å². The Kier molecular flexibility index (Phi) is 5.12. The van der Waals surface area contributed by atoms with E-state index in [2.05, 4.69) is 17.1 Å². The molecule has 1 unspecified atom stereocenters. The fourth-order valence-corrected chi connectivity index (χ4v) is 2.65. The van der Waals surface area contributed by atoms with Gasteiger partial charge in [0, 0.05) is 12.6 Å². The normalized spacial score (nSPS) is 17.8. The Balaban J connectivity index is 1.89. The van der Waals surface area contributed by atoms with Crippen LogP contribution >= 0.6 is 0 Å². The van der Waals surface area contributed by atoms with Gasteiger partial charge in [0.25, 0.3) is 5.91 Å². The van der Waals surface area contributed by atoms with Crippen molar-refractivity contribution in [3.63, 3.8) is 0 Å². The molecule has 1 atom stereocenters. The minimum atomic E-state index is -0.421. The summed E-state index contributed by atoms with van der Waals surface area (Å²) in [7, 11) is 0. The summed E-state index contributed by atoms with van der Waals surface area (Å²) < 4.78 is 13.9. The predicted octanol–water partition coefficient (Wildman–Crippen LogP) is 2.74. The molecule has 1 aliphatic rings. The molecule has 110 valence electrons. The van der Waals surface area contributed by atoms with Crippen LogP contribution in [0.1, 0.15) is 42.1 Å². The molecule has 1 fully saturated rings. The molecule has 0 aliphatic carbocycles. The fourth-order valence-electron chi connectivity index (χ4n) is 2.65. The number of aryl methyl sites for hydroxylation is 1. The highest BCUT2D eigenvalue weighted by atomic mass is 19.1. The molecule has 0 radical (unpaired) electrons. The Hall–Kier alpha value is -1.42. The monoisotopic (exact) mass is 278 g/mol. The van der Waals surface area contributed by atoms with E-state index in [-0.39, 0.29) is 11.5 Å². The van der Waals surface area contributed by atoms with Crippen LogP contribution in [-0.4, -0.2) is 36.5 Å². The Morgan fingerprint density at radius 2 is 2.05 bits per heavy atom. The quantitative estimate of drug-likeness (QED) is 0.918. The highest BCUT2D eigenvalue weighted by Crippen LogP contribution is 2.13. The van der Waals surface area contributed by atoms with E-state index in [4.69, 9.17) is 0 Å². The number of likely N-dealkylation sites (tertiary alicyclic amines) is 1. The van der Waals surface area contributed by atoms with Crippen molar-refractivity contribution in [2.75, 3.05) is 19.6 Å². The molecule has 1 aliphatic heterocycles. The third-order valence-corrected chi connectivity index (χ3v) is 4.01. The Labute approximate surface area is 120 Å². The van der Waals surface area contributed by atoms with Gasteiger partial charge in [-0.3, -0.25) is 9.69 Å². The summed E-state index contributed by atoms with van der Waals surface area (Å²) in [4.78, 5) is 14.4. The average Bonchev–Trinajstić information content (AvgIpc) is 2.48. The van der Waals surface area contributed by atoms with Crippen LogP contribution in [0.25, 0.3) is 0 Å². The van der Waals surface area contributed by atoms with E-state index in [0.29, 0.717) is 18.2 Å². The van der Waals surface area contributed by atoms with Crippen LogP contribution in [0.5, 0.6) is 0 Å². The minimum Gasteiger partial charge on any atom is -0.350 e. The third kappa shape index (κ3) is 3.57. The van der Waals surface area contributed by atoms with Gasteiger partial charge >= 0.3 is 0 Å². The standard InChI is InChI=1S/C16H23FN2O/c1-12-7-6-8-14(15(12)17)16(20)18-11-13(2)19-9-4-3-5-10-19/h6-8,13H,3-5,9-11H2,1-2H3,(H,18,20). The number of carbonyl (C=O) groups excluding carboxylic acids is 1. The van der Waals surface area contributed by atoms with Gasteiger partial charge in [0.05, 0.1) is 5.56 Å². The summed E-state index contributed by atoms with van der Waals surface area (Å²) in [6.07, 6.45) is 3.75. The first-order valence-electron chi connectivity index (χ1n) is 7.37. The van der Waals surface area contributed by atoms with Crippen LogP contribution in [0.4, 0.5) is 4.39 Å². The Morgan fingerprint density at radius 1 is 1.35 bits per heavy atom. The molecule has 1 amide bonds. The number of benzene rings is 1. The minimum absolute atomic E-state index is 0.135. The van der Waals surface area contributed by atoms with Gasteiger partial charge in [0.1, 0.15) is 5.82 Å². The van der Waals surface area contributed by atoms with Crippen LogP contribution in [0, 0.1) is 12.7 Å². The molecule has 1 saturated heterocycles. The number of nitrogens with one attached hydrogen (secondary N) is 1. The Bertz CT molecular complexity index is 470. The van der Waals surface area contributed by atoms with Gasteiger partial charge in [-0.2, -0.15) is 0 Å². The molecule has 0 spiro atoms. The van der Waals surface area contributed by atoms with Crippen LogP contribution in [0.15, 0.2) is 18.2 Å². The summed E-state index contributed by atoms with van der Waals surface area (Å²) >= 11 is 0. The first-order chi connectivity index (χ1) is 9.59. The first kappa shape index (κ1) is 15.0. The smallest absolute Gasteiger partial charge is 0.254 e. The van der Waals surface area contributed by atoms with E-state index in [1.807, 2.05) is 0 Å². The lowest BCUT2D eigenvalue weighted by Gasteiger charge is -2.32. The average molecular weight is 278 g/mol. The number of hydrogen-bond acceptors (Lipinski definition) is 2. The van der Waals surface area contributed by atoms with E-state index in [1.165, 1.54) is 25.3 Å². The molecule has 0 saturated carbocycles. The van der Waals surface area contributed by atoms with Crippen molar-refractivity contribution in [3.05, 3.63) is 35.1 Å². The summed E-state index contributed by atoms with van der Waals surface area (Å²) in [5, 5.41) is 2.84. The maximum Gasteiger partial charge on any atom is 0.254 e. The fraction of sp³-hybridized carbons (Fsp3) is 0.562. The number of piperidine rings is 1. The van der Waals surface area contributed by atoms with Crippen molar-refractivity contribution >= 4 is 5.91 Å². The van der Waals surface area contributed by atoms with Crippen LogP contribution in [-0.2, 0) is 0 Å². The second-order valence-corrected chi connectivity index (χ2v) is 5.59. The number of hydrogen-bond donors (Lipinski definition) is 1. The van der Waals surface area contributed by atoms with Gasteiger partial charge in [-0.1, -0.05) is 18.6 Å². The number of carbonyl (C=O) groups is 1. The highest BCUT2D eigenvalue weighted by molar-refractivity contribution is 5.94. The van der Waals surface area contributed by atoms with Crippen LogP contribution in [0.2, 0.25) is 0 Å². The van der Waals surface area contributed by atoms with Crippen molar-refractivity contribution in [1.29, 1.82) is 0 Å². The summed E-state index contributed by atoms with van der Waals surface area (Å²) in [5.41, 5.74) is 0.637. The molecule has 1 aromatic rings. The van der Waals surface area contributed by atoms with Crippen molar-refractivity contribution in [2.24, 2.45) is 0 Å². The van der Waals surface area contributed by atoms with Crippen LogP contribution in [0.3, 0.4) is 0 Å². The van der Waals surface area contributed by atoms with Crippen molar-refractivity contribution in [3.8, 4) is 0 Å². The lowest BCUT2D eigenvalue weighted by Crippen LogP contribution is -2.44. The number of rotatable bonds is 4. The number of nitrogens with zero attached hydrogens (tertiary/aromatic N) is 1. The predicted molar refractivity (Wildman–Crippen MR) is 78.4 cm³/mol. The maximum absolute atomic E-state index is 13.9. The van der Waals surface area contributed by atoms with Crippen LogP contribution < -0.4 is 5.32 Å². The Morgan fingerprint density at radius 3 is 2.75 bits per heavy atom. The van der Waals surface area contributed by atoms with E-state index in [1.54, 1.807) is 19.1 Å². The molecule has 2 rings (SSSR count). The lowest BCUT2D eigenvalue weighted by atomic mass is 10.1. The number of amides is 1. The maximum atomic E-state index is 13.9. The van der Waals surface area contributed by atoms with Crippen molar-refractivity contribution in [1.82, 2.24) is 10.2 Å². The zero-order valence-electron chi connectivity index (χ0n) is 12.3. The summed E-state index contributed by atoms with van der Waals surface area (Å²) in [6.45, 7) is 6.53. The molecule has 1 N–H and O–H groups in total. The zero-order chi connectivity index (χ0) is 14.5. The molecule has 1 heterocycles. The third-order valence-electron chi connectivity index (χ3n) is 4.01. The van der Waals surface area contributed by atoms with E-state index < -0.39 is 5.82 Å². The molecule has 4 heteroatoms. The lowest BCUT2D eigenvalue weighted by molar-refractivity contribution is 0.0926. The zero-order valence-corrected chi connectivity index (χ0v) is 12.3. The molecular weight excluding hydrogens is 255 g/mol. The molecule has 20 heavy (non-hydrogen) atoms. The SMILES string of the molecule is Cc1cccc(C(=O)NCC(C)N2CCCCC2)c1F. The molecular formula is C16H23FN2O. The van der Waals surface area contributed by atoms with E-state index in [9.17, 15) is 9.18 Å². The molecule has 0 aromatic heterocycles. The second-order valence-electron chi connectivity index (χ2n) is 5.59. The number of halogens is 1. The first-order valence-corrected chi connectivity index (χ1v) is 7.37. The van der Waals surface area contributed by atoms with Gasteiger partial charge in [-0.25, -0.2) is 4.39 Å². The van der Waals surface area contributed by atoms with E-state index in [0.717, 1.165) is 13.1 Å². The van der Waals surface area contributed by atoms with E-state index >= 15 is 0 Å². The topological polar surface area (TPSA) is 32.3 Å². The van der Waals surface area contributed by atoms with Crippen molar-refractivity contribution in [2.45, 2.75) is 39.2 Å². The van der Waals surface area contributed by atoms with Gasteiger partial charge in [0.15, 0.2) is 0 Å². The van der Waals surface area contributed by atoms with Gasteiger partial charge < -0.3 is 5.32 Å². The molecule has 1 aromatic carbocycles. The molecule has 3 nitrogen and oxygen atoms in total. The second kappa shape index (κ2) is 6.84.